The standard InChI is InChI=1S/C23H32F2N2/c1-6-9-10-17(13-16(4)7-2)19-11-12-20(26)21(18(19)8-3)27-22(5)14-23(24,25)15-22/h6,9-13,16,27H,1,7-8,14-15,26H2,2-5H3/b10-9-,17-13+. The molecule has 1 saturated carbocycles. The number of nitrogens with two attached hydrogens (primary N) is 1. The van der Waals surface area contributed by atoms with Gasteiger partial charge in [0.2, 0.25) is 0 Å². The number of hydrogen-bond donors (Lipinski definition) is 2. The van der Waals surface area contributed by atoms with E-state index >= 15 is 0 Å². The molecule has 3 N–H and O–H groups in total. The lowest BCUT2D eigenvalue weighted by Gasteiger charge is -2.46. The van der Waals surface area contributed by atoms with Crippen LogP contribution in [0.1, 0.15) is 58.1 Å². The molecule has 0 bridgehead atoms. The lowest BCUT2D eigenvalue weighted by Crippen LogP contribution is -2.54. The van der Waals surface area contributed by atoms with E-state index < -0.39 is 11.5 Å². The maximum atomic E-state index is 13.4. The number of anilines is 2. The second kappa shape index (κ2) is 8.28. The van der Waals surface area contributed by atoms with Crippen LogP contribution in [0.15, 0.2) is 43.0 Å². The molecule has 2 nitrogen and oxygen atoms in total. The third-order valence-electron chi connectivity index (χ3n) is 5.25. The van der Waals surface area contributed by atoms with E-state index in [0.717, 1.165) is 35.2 Å². The van der Waals surface area contributed by atoms with Crippen molar-refractivity contribution >= 4 is 16.9 Å². The van der Waals surface area contributed by atoms with Gasteiger partial charge in [0.05, 0.1) is 11.4 Å². The highest BCUT2D eigenvalue weighted by molar-refractivity contribution is 5.84. The van der Waals surface area contributed by atoms with Gasteiger partial charge < -0.3 is 11.1 Å². The summed E-state index contributed by atoms with van der Waals surface area (Å²) in [6.07, 6.45) is 9.43. The van der Waals surface area contributed by atoms with Crippen molar-refractivity contribution in [2.45, 2.75) is 64.8 Å². The summed E-state index contributed by atoms with van der Waals surface area (Å²) in [6, 6.07) is 3.89. The van der Waals surface area contributed by atoms with Crippen molar-refractivity contribution < 1.29 is 8.78 Å². The molecular formula is C23H32F2N2. The van der Waals surface area contributed by atoms with Crippen molar-refractivity contribution in [1.29, 1.82) is 0 Å². The maximum Gasteiger partial charge on any atom is 0.252 e. The van der Waals surface area contributed by atoms with Gasteiger partial charge in [-0.05, 0) is 42.0 Å². The first kappa shape index (κ1) is 21.2. The van der Waals surface area contributed by atoms with Gasteiger partial charge in [-0.1, -0.05) is 64.1 Å². The Morgan fingerprint density at radius 3 is 2.52 bits per heavy atom. The summed E-state index contributed by atoms with van der Waals surface area (Å²) < 4.78 is 26.9. The fourth-order valence-electron chi connectivity index (χ4n) is 3.76. The molecule has 0 amide bonds. The molecule has 0 spiro atoms. The fourth-order valence-corrected chi connectivity index (χ4v) is 3.76. The number of benzene rings is 1. The molecule has 0 saturated heterocycles. The smallest absolute Gasteiger partial charge is 0.252 e. The predicted molar refractivity (Wildman–Crippen MR) is 113 cm³/mol. The lowest BCUT2D eigenvalue weighted by atomic mass is 9.74. The van der Waals surface area contributed by atoms with E-state index in [1.165, 1.54) is 0 Å². The Kier molecular flexibility index (Phi) is 6.50. The van der Waals surface area contributed by atoms with E-state index in [1.54, 1.807) is 6.08 Å². The van der Waals surface area contributed by atoms with Gasteiger partial charge in [-0.3, -0.25) is 0 Å². The van der Waals surface area contributed by atoms with Crippen molar-refractivity contribution in [2.24, 2.45) is 5.92 Å². The van der Waals surface area contributed by atoms with Gasteiger partial charge in [0.15, 0.2) is 0 Å². The number of hydrogen-bond acceptors (Lipinski definition) is 2. The quantitative estimate of drug-likeness (QED) is 0.397. The summed E-state index contributed by atoms with van der Waals surface area (Å²) in [6.45, 7) is 12.0. The first-order valence-corrected chi connectivity index (χ1v) is 9.73. The fraction of sp³-hybridized carbons (Fsp3) is 0.478. The average Bonchev–Trinajstić information content (AvgIpc) is 2.58. The minimum atomic E-state index is -2.59. The molecule has 0 radical (unpaired) electrons. The number of rotatable bonds is 8. The van der Waals surface area contributed by atoms with Crippen molar-refractivity contribution in [3.05, 3.63) is 54.1 Å². The van der Waals surface area contributed by atoms with Crippen molar-refractivity contribution in [3.8, 4) is 0 Å². The van der Waals surface area contributed by atoms with Crippen LogP contribution in [0.25, 0.3) is 5.57 Å². The monoisotopic (exact) mass is 374 g/mol. The summed E-state index contributed by atoms with van der Waals surface area (Å²) >= 11 is 0. The van der Waals surface area contributed by atoms with Crippen molar-refractivity contribution in [3.63, 3.8) is 0 Å². The molecule has 0 aromatic heterocycles. The highest BCUT2D eigenvalue weighted by atomic mass is 19.3. The van der Waals surface area contributed by atoms with E-state index in [2.05, 4.69) is 38.7 Å². The number of nitrogen functional groups attached to an aromatic ring is 1. The second-order valence-corrected chi connectivity index (χ2v) is 7.91. The molecule has 1 atom stereocenters. The Morgan fingerprint density at radius 2 is 2.00 bits per heavy atom. The minimum Gasteiger partial charge on any atom is -0.397 e. The van der Waals surface area contributed by atoms with Crippen LogP contribution in [0.3, 0.4) is 0 Å². The molecule has 2 rings (SSSR count). The zero-order chi connectivity index (χ0) is 20.2. The second-order valence-electron chi connectivity index (χ2n) is 7.91. The Hall–Kier alpha value is -2.10. The first-order chi connectivity index (χ1) is 12.6. The van der Waals surface area contributed by atoms with Gasteiger partial charge in [0.1, 0.15) is 0 Å². The predicted octanol–water partition coefficient (Wildman–Crippen LogP) is 6.60. The zero-order valence-electron chi connectivity index (χ0n) is 16.9. The van der Waals surface area contributed by atoms with Gasteiger partial charge in [-0.25, -0.2) is 8.78 Å². The van der Waals surface area contributed by atoms with E-state index in [-0.39, 0.29) is 12.8 Å². The van der Waals surface area contributed by atoms with E-state index in [4.69, 9.17) is 5.73 Å². The molecule has 4 heteroatoms. The maximum absolute atomic E-state index is 13.4. The summed E-state index contributed by atoms with van der Waals surface area (Å²) in [5.74, 6) is -2.16. The Morgan fingerprint density at radius 1 is 1.33 bits per heavy atom. The van der Waals surface area contributed by atoms with Crippen LogP contribution < -0.4 is 11.1 Å². The Labute approximate surface area is 162 Å². The lowest BCUT2D eigenvalue weighted by molar-refractivity contribution is -0.109. The number of allylic oxidation sites excluding steroid dienone is 5. The molecule has 1 unspecified atom stereocenters. The molecule has 1 aliphatic rings. The first-order valence-electron chi connectivity index (χ1n) is 9.73. The zero-order valence-corrected chi connectivity index (χ0v) is 16.9. The van der Waals surface area contributed by atoms with Crippen LogP contribution in [0.2, 0.25) is 0 Å². The van der Waals surface area contributed by atoms with Gasteiger partial charge in [-0.2, -0.15) is 0 Å². The Balaban J connectivity index is 2.50. The normalized spacial score (nSPS) is 19.6. The van der Waals surface area contributed by atoms with E-state index in [9.17, 15) is 8.78 Å². The summed E-state index contributed by atoms with van der Waals surface area (Å²) in [4.78, 5) is 0. The topological polar surface area (TPSA) is 38.0 Å². The highest BCUT2D eigenvalue weighted by Crippen LogP contribution is 2.48. The van der Waals surface area contributed by atoms with E-state index in [1.807, 2.05) is 31.2 Å². The third kappa shape index (κ3) is 5.00. The van der Waals surface area contributed by atoms with Gasteiger partial charge >= 0.3 is 0 Å². The van der Waals surface area contributed by atoms with Crippen LogP contribution in [0.5, 0.6) is 0 Å². The molecule has 1 aromatic carbocycles. The van der Waals surface area contributed by atoms with Crippen LogP contribution in [-0.4, -0.2) is 11.5 Å². The molecule has 27 heavy (non-hydrogen) atoms. The van der Waals surface area contributed by atoms with Crippen LogP contribution in [0.4, 0.5) is 20.2 Å². The van der Waals surface area contributed by atoms with Crippen molar-refractivity contribution in [1.82, 2.24) is 0 Å². The number of alkyl halides is 2. The third-order valence-corrected chi connectivity index (χ3v) is 5.25. The summed E-state index contributed by atoms with van der Waals surface area (Å²) in [5, 5.41) is 3.34. The largest absolute Gasteiger partial charge is 0.397 e. The SMILES string of the molecule is C=C/C=C\C(=C/C(C)CC)c1ccc(N)c(NC2(C)CC(F)(F)C2)c1CC. The molecule has 1 aromatic rings. The summed E-state index contributed by atoms with van der Waals surface area (Å²) in [7, 11) is 0. The van der Waals surface area contributed by atoms with Crippen LogP contribution >= 0.6 is 0 Å². The van der Waals surface area contributed by atoms with Crippen LogP contribution in [-0.2, 0) is 6.42 Å². The van der Waals surface area contributed by atoms with E-state index in [0.29, 0.717) is 11.6 Å². The molecule has 1 aliphatic carbocycles. The Bertz CT molecular complexity index is 739. The molecular weight excluding hydrogens is 342 g/mol. The minimum absolute atomic E-state index is 0.168. The summed E-state index contributed by atoms with van der Waals surface area (Å²) in [5.41, 5.74) is 10.3. The number of nitrogens with one attached hydrogen (secondary N) is 1. The number of halogens is 2. The molecule has 0 aliphatic heterocycles. The van der Waals surface area contributed by atoms with Crippen LogP contribution in [0, 0.1) is 5.92 Å². The van der Waals surface area contributed by atoms with Crippen molar-refractivity contribution in [2.75, 3.05) is 11.1 Å². The highest BCUT2D eigenvalue weighted by Gasteiger charge is 2.54. The van der Waals surface area contributed by atoms with Gasteiger partial charge in [0.25, 0.3) is 5.92 Å². The molecule has 1 fully saturated rings. The van der Waals surface area contributed by atoms with Gasteiger partial charge in [0, 0.05) is 18.4 Å². The molecule has 148 valence electrons. The molecule has 0 heterocycles. The average molecular weight is 375 g/mol. The van der Waals surface area contributed by atoms with Gasteiger partial charge in [-0.15, -0.1) is 0 Å².